The van der Waals surface area contributed by atoms with Gasteiger partial charge in [-0.2, -0.15) is 13.2 Å². The molecule has 0 unspecified atom stereocenters. The van der Waals surface area contributed by atoms with Crippen LogP contribution >= 0.6 is 0 Å². The van der Waals surface area contributed by atoms with E-state index in [1.165, 1.54) is 12.3 Å². The number of aliphatic imine (C=N–C) groups is 1. The number of nitrogens with one attached hydrogen (secondary N) is 2. The van der Waals surface area contributed by atoms with E-state index in [0.717, 1.165) is 22.9 Å². The van der Waals surface area contributed by atoms with Crippen LogP contribution in [0.1, 0.15) is 5.56 Å². The number of nitrogens with zero attached hydrogens (tertiary/aromatic N) is 3. The number of carbonyl (C=O) groups excluding carboxylic acids is 2. The fraction of sp³-hybridized carbons (Fsp3) is 0.136. The highest BCUT2D eigenvalue weighted by molar-refractivity contribution is 6.40. The molecular formula is C22H20F3N7O2. The molecule has 0 saturated heterocycles. The summed E-state index contributed by atoms with van der Waals surface area (Å²) < 4.78 is 36.6. The Balaban J connectivity index is 1.77. The highest BCUT2D eigenvalue weighted by Crippen LogP contribution is 2.31. The summed E-state index contributed by atoms with van der Waals surface area (Å²) in [6.45, 7) is 0.475. The second-order valence-electron chi connectivity index (χ2n) is 7.16. The van der Waals surface area contributed by atoms with E-state index in [0.29, 0.717) is 22.7 Å². The number of alkyl halides is 3. The van der Waals surface area contributed by atoms with Crippen LogP contribution in [0.15, 0.2) is 59.7 Å². The summed E-state index contributed by atoms with van der Waals surface area (Å²) in [5, 5.41) is 5.69. The van der Waals surface area contributed by atoms with E-state index in [2.05, 4.69) is 25.6 Å². The number of carbonyl (C=O) groups is 2. The monoisotopic (exact) mass is 471 g/mol. The van der Waals surface area contributed by atoms with E-state index in [4.69, 9.17) is 11.5 Å². The average molecular weight is 471 g/mol. The Labute approximate surface area is 191 Å². The molecule has 0 aliphatic rings. The lowest BCUT2D eigenvalue weighted by Gasteiger charge is -2.11. The first-order valence-corrected chi connectivity index (χ1v) is 9.78. The average Bonchev–Trinajstić information content (AvgIpc) is 2.77. The number of benzene rings is 1. The van der Waals surface area contributed by atoms with E-state index >= 15 is 0 Å². The minimum Gasteiger partial charge on any atom is -0.403 e. The number of halogens is 3. The largest absolute Gasteiger partial charge is 0.407 e. The molecule has 6 N–H and O–H groups in total. The molecule has 2 heterocycles. The smallest absolute Gasteiger partial charge is 0.403 e. The second-order valence-corrected chi connectivity index (χ2v) is 7.16. The Morgan fingerprint density at radius 2 is 1.94 bits per heavy atom. The molecule has 176 valence electrons. The van der Waals surface area contributed by atoms with Crippen LogP contribution in [0, 0.1) is 6.92 Å². The molecule has 1 aromatic carbocycles. The third-order valence-corrected chi connectivity index (χ3v) is 4.61. The molecule has 3 rings (SSSR count). The lowest BCUT2D eigenvalue weighted by atomic mass is 9.99. The number of amides is 2. The molecule has 0 atom stereocenters. The van der Waals surface area contributed by atoms with Crippen LogP contribution in [0.5, 0.6) is 0 Å². The maximum Gasteiger partial charge on any atom is 0.407 e. The highest BCUT2D eigenvalue weighted by Gasteiger charge is 2.26. The summed E-state index contributed by atoms with van der Waals surface area (Å²) >= 11 is 0. The van der Waals surface area contributed by atoms with Crippen molar-refractivity contribution in [1.82, 2.24) is 15.3 Å². The van der Waals surface area contributed by atoms with Crippen molar-refractivity contribution in [3.8, 4) is 11.1 Å². The number of nitrogens with two attached hydrogens (primary N) is 2. The fourth-order valence-electron chi connectivity index (χ4n) is 3.00. The summed E-state index contributed by atoms with van der Waals surface area (Å²) in [4.78, 5) is 35.7. The first-order chi connectivity index (χ1) is 16.1. The summed E-state index contributed by atoms with van der Waals surface area (Å²) in [5.41, 5.74) is 14.3. The van der Waals surface area contributed by atoms with Crippen molar-refractivity contribution < 1.29 is 22.8 Å². The lowest BCUT2D eigenvalue weighted by molar-refractivity contribution is -0.135. The van der Waals surface area contributed by atoms with Gasteiger partial charge in [0.2, 0.25) is 0 Å². The predicted octanol–water partition coefficient (Wildman–Crippen LogP) is 2.68. The van der Waals surface area contributed by atoms with Crippen molar-refractivity contribution in [2.45, 2.75) is 13.1 Å². The van der Waals surface area contributed by atoms with Crippen LogP contribution in [0.4, 0.5) is 24.7 Å². The number of aromatic nitrogens is 2. The van der Waals surface area contributed by atoms with Crippen molar-refractivity contribution in [3.05, 3.63) is 60.3 Å². The number of allylic oxidation sites excluding steroid dienone is 1. The molecule has 0 radical (unpaired) electrons. The molecule has 3 aromatic rings. The Hall–Kier alpha value is -4.48. The number of nitrogen functional groups attached to an aromatic ring is 1. The molecule has 0 bridgehead atoms. The van der Waals surface area contributed by atoms with Gasteiger partial charge in [0.15, 0.2) is 0 Å². The third-order valence-electron chi connectivity index (χ3n) is 4.61. The van der Waals surface area contributed by atoms with Gasteiger partial charge in [-0.05, 0) is 47.7 Å². The lowest BCUT2D eigenvalue weighted by Crippen LogP contribution is -2.35. The van der Waals surface area contributed by atoms with E-state index in [-0.39, 0.29) is 11.5 Å². The van der Waals surface area contributed by atoms with E-state index in [9.17, 15) is 22.8 Å². The van der Waals surface area contributed by atoms with Crippen molar-refractivity contribution in [3.63, 3.8) is 0 Å². The van der Waals surface area contributed by atoms with Crippen molar-refractivity contribution in [1.29, 1.82) is 0 Å². The van der Waals surface area contributed by atoms with Gasteiger partial charge in [-0.15, -0.1) is 0 Å². The van der Waals surface area contributed by atoms with Gasteiger partial charge in [-0.3, -0.25) is 19.6 Å². The normalized spacial score (nSPS) is 12.2. The standard InChI is InChI=1S/C22H20F3N7O2/c1-12-2-3-28-9-16(12)13-4-14-6-19(30-10-17(14)18(27)5-13)32-21(34)20(33)31-15(7-26)8-29-11-22(23,24)25/h2-10H,11,26-27H2,1H3,(H,31,33)(H,30,32,34). The maximum atomic E-state index is 12.2. The molecule has 2 aromatic heterocycles. The third kappa shape index (κ3) is 6.06. The van der Waals surface area contributed by atoms with Gasteiger partial charge in [-0.1, -0.05) is 0 Å². The highest BCUT2D eigenvalue weighted by atomic mass is 19.4. The quantitative estimate of drug-likeness (QED) is 0.255. The van der Waals surface area contributed by atoms with Crippen LogP contribution in [0.2, 0.25) is 0 Å². The van der Waals surface area contributed by atoms with Crippen LogP contribution < -0.4 is 22.1 Å². The first-order valence-electron chi connectivity index (χ1n) is 9.78. The van der Waals surface area contributed by atoms with Gasteiger partial charge in [-0.25, -0.2) is 4.98 Å². The zero-order valence-electron chi connectivity index (χ0n) is 17.8. The predicted molar refractivity (Wildman–Crippen MR) is 123 cm³/mol. The molecule has 12 heteroatoms. The minimum absolute atomic E-state index is 0.0659. The Bertz CT molecular complexity index is 1300. The molecule has 0 saturated carbocycles. The number of pyridine rings is 2. The van der Waals surface area contributed by atoms with E-state index in [1.54, 1.807) is 18.5 Å². The topological polar surface area (TPSA) is 148 Å². The molecule has 0 spiro atoms. The number of hydrogen-bond donors (Lipinski definition) is 4. The molecule has 9 nitrogen and oxygen atoms in total. The summed E-state index contributed by atoms with van der Waals surface area (Å²) in [7, 11) is 0. The summed E-state index contributed by atoms with van der Waals surface area (Å²) in [6, 6.07) is 7.04. The molecule has 34 heavy (non-hydrogen) atoms. The SMILES string of the molecule is Cc1ccncc1-c1cc(N)c2cnc(NC(=O)C(=O)NC(C=NCC(F)(F)F)=CN)cc2c1. The molecule has 2 amide bonds. The second kappa shape index (κ2) is 9.98. The number of anilines is 2. The molecule has 0 aliphatic heterocycles. The van der Waals surface area contributed by atoms with Crippen LogP contribution in [-0.4, -0.2) is 40.7 Å². The van der Waals surface area contributed by atoms with Gasteiger partial charge in [0.1, 0.15) is 12.4 Å². The van der Waals surface area contributed by atoms with Gasteiger partial charge in [0.25, 0.3) is 0 Å². The minimum atomic E-state index is -4.52. The van der Waals surface area contributed by atoms with Crippen LogP contribution in [0.25, 0.3) is 21.9 Å². The Morgan fingerprint density at radius 3 is 2.62 bits per heavy atom. The fourth-order valence-corrected chi connectivity index (χ4v) is 3.00. The zero-order valence-corrected chi connectivity index (χ0v) is 17.8. The van der Waals surface area contributed by atoms with Gasteiger partial charge >= 0.3 is 18.0 Å². The molecular weight excluding hydrogens is 451 g/mol. The number of aryl methyl sites for hydroxylation is 1. The van der Waals surface area contributed by atoms with Crippen LogP contribution in [-0.2, 0) is 9.59 Å². The van der Waals surface area contributed by atoms with Gasteiger partial charge in [0.05, 0.1) is 5.70 Å². The Morgan fingerprint density at radius 1 is 1.18 bits per heavy atom. The van der Waals surface area contributed by atoms with Crippen molar-refractivity contribution >= 4 is 40.3 Å². The number of fused-ring (bicyclic) bond motifs is 1. The molecule has 0 fully saturated rings. The van der Waals surface area contributed by atoms with Gasteiger partial charge < -0.3 is 22.1 Å². The van der Waals surface area contributed by atoms with E-state index < -0.39 is 24.5 Å². The molecule has 0 aliphatic carbocycles. The zero-order chi connectivity index (χ0) is 24.9. The van der Waals surface area contributed by atoms with Crippen molar-refractivity contribution in [2.75, 3.05) is 17.6 Å². The first kappa shape index (κ1) is 24.2. The number of hydrogen-bond acceptors (Lipinski definition) is 7. The van der Waals surface area contributed by atoms with Crippen molar-refractivity contribution in [2.24, 2.45) is 10.7 Å². The number of rotatable bonds is 5. The van der Waals surface area contributed by atoms with Gasteiger partial charge in [0, 0.05) is 47.6 Å². The maximum absolute atomic E-state index is 12.2. The summed E-state index contributed by atoms with van der Waals surface area (Å²) in [6.07, 6.45) is 1.84. The Kier molecular flexibility index (Phi) is 7.09. The van der Waals surface area contributed by atoms with Crippen LogP contribution in [0.3, 0.4) is 0 Å². The summed E-state index contributed by atoms with van der Waals surface area (Å²) in [5.74, 6) is -2.21. The van der Waals surface area contributed by atoms with E-state index in [1.807, 2.05) is 19.1 Å².